The van der Waals surface area contributed by atoms with E-state index in [-0.39, 0.29) is 6.04 Å². The molecule has 2 aromatic rings. The summed E-state index contributed by atoms with van der Waals surface area (Å²) in [5.41, 5.74) is 2.49. The molecule has 1 fully saturated rings. The molecule has 28 heavy (non-hydrogen) atoms. The number of anilines is 1. The number of sulfonamides is 1. The van der Waals surface area contributed by atoms with Crippen LogP contribution in [0.15, 0.2) is 42.7 Å². The topological polar surface area (TPSA) is 86.9 Å². The van der Waals surface area contributed by atoms with Crippen LogP contribution in [0.25, 0.3) is 5.69 Å². The lowest BCUT2D eigenvalue weighted by molar-refractivity contribution is 0.323. The number of nitriles is 1. The molecule has 1 heterocycles. The van der Waals surface area contributed by atoms with Gasteiger partial charge in [-0.15, -0.1) is 0 Å². The molecule has 150 valence electrons. The predicted molar refractivity (Wildman–Crippen MR) is 112 cm³/mol. The van der Waals surface area contributed by atoms with Gasteiger partial charge in [0.1, 0.15) is 6.07 Å². The highest BCUT2D eigenvalue weighted by molar-refractivity contribution is 7.90. The van der Waals surface area contributed by atoms with Crippen molar-refractivity contribution in [2.75, 3.05) is 11.9 Å². The van der Waals surface area contributed by atoms with Crippen molar-refractivity contribution in [1.82, 2.24) is 9.29 Å². The third-order valence-electron chi connectivity index (χ3n) is 5.39. The van der Waals surface area contributed by atoms with Crippen LogP contribution in [0.1, 0.15) is 45.1 Å². The Morgan fingerprint density at radius 1 is 1.18 bits per heavy atom. The van der Waals surface area contributed by atoms with E-state index in [2.05, 4.69) is 16.1 Å². The van der Waals surface area contributed by atoms with Gasteiger partial charge in [-0.05, 0) is 75.8 Å². The van der Waals surface area contributed by atoms with Crippen molar-refractivity contribution in [1.29, 1.82) is 5.26 Å². The maximum absolute atomic E-state index is 12.0. The molecule has 1 saturated carbocycles. The van der Waals surface area contributed by atoms with E-state index in [9.17, 15) is 13.7 Å². The predicted octanol–water partition coefficient (Wildman–Crippen LogP) is 3.65. The van der Waals surface area contributed by atoms with Gasteiger partial charge in [0.25, 0.3) is 0 Å². The summed E-state index contributed by atoms with van der Waals surface area (Å²) in [7, 11) is -3.20. The van der Waals surface area contributed by atoms with Crippen LogP contribution in [0.4, 0.5) is 5.69 Å². The molecule has 0 amide bonds. The quantitative estimate of drug-likeness (QED) is 0.743. The number of hydrogen-bond donors (Lipinski definition) is 2. The second-order valence-electron chi connectivity index (χ2n) is 7.74. The fourth-order valence-corrected chi connectivity index (χ4v) is 4.53. The van der Waals surface area contributed by atoms with E-state index in [0.29, 0.717) is 11.5 Å². The third kappa shape index (κ3) is 4.94. The van der Waals surface area contributed by atoms with Crippen molar-refractivity contribution in [3.63, 3.8) is 0 Å². The second-order valence-corrected chi connectivity index (χ2v) is 10.0. The fourth-order valence-electron chi connectivity index (χ4n) is 3.56. The normalized spacial score (nSPS) is 20.1. The maximum atomic E-state index is 12.0. The number of rotatable bonds is 7. The summed E-state index contributed by atoms with van der Waals surface area (Å²) in [5, 5.41) is 12.4. The Hall–Kier alpha value is -2.30. The number of benzene rings is 1. The Labute approximate surface area is 167 Å². The Morgan fingerprint density at radius 3 is 2.46 bits per heavy atom. The molecule has 0 radical (unpaired) electrons. The zero-order valence-corrected chi connectivity index (χ0v) is 17.2. The Kier molecular flexibility index (Phi) is 6.42. The number of hydrogen-bond acceptors (Lipinski definition) is 4. The summed E-state index contributed by atoms with van der Waals surface area (Å²) < 4.78 is 28.8. The molecular formula is C21H28N4O2S. The average Bonchev–Trinajstić information content (AvgIpc) is 3.21. The van der Waals surface area contributed by atoms with Crippen molar-refractivity contribution in [2.45, 2.75) is 50.8 Å². The molecule has 3 rings (SSSR count). The van der Waals surface area contributed by atoms with Gasteiger partial charge in [0.2, 0.25) is 10.0 Å². The van der Waals surface area contributed by atoms with Crippen LogP contribution >= 0.6 is 0 Å². The summed E-state index contributed by atoms with van der Waals surface area (Å²) in [6.45, 7) is 4.26. The first kappa shape index (κ1) is 20.4. The Balaban J connectivity index is 1.55. The lowest BCUT2D eigenvalue weighted by atomic mass is 9.86. The summed E-state index contributed by atoms with van der Waals surface area (Å²) >= 11 is 0. The first-order valence-corrected chi connectivity index (χ1v) is 11.4. The van der Waals surface area contributed by atoms with Gasteiger partial charge in [-0.1, -0.05) is 0 Å². The molecule has 0 unspecified atom stereocenters. The van der Waals surface area contributed by atoms with Crippen LogP contribution in [-0.2, 0) is 10.0 Å². The molecule has 1 aliphatic rings. The molecule has 1 aromatic carbocycles. The molecule has 0 atom stereocenters. The number of aromatic nitrogens is 1. The second kappa shape index (κ2) is 8.80. The molecule has 0 spiro atoms. The lowest BCUT2D eigenvalue weighted by Gasteiger charge is -2.29. The van der Waals surface area contributed by atoms with Crippen LogP contribution < -0.4 is 10.0 Å². The minimum atomic E-state index is -3.20. The number of nitrogens with zero attached hydrogens (tertiary/aromatic N) is 2. The van der Waals surface area contributed by atoms with Crippen LogP contribution in [0.2, 0.25) is 0 Å². The highest BCUT2D eigenvalue weighted by Crippen LogP contribution is 2.26. The van der Waals surface area contributed by atoms with Crippen molar-refractivity contribution < 1.29 is 8.42 Å². The highest BCUT2D eigenvalue weighted by atomic mass is 32.2. The van der Waals surface area contributed by atoms with Gasteiger partial charge in [0.15, 0.2) is 0 Å². The largest absolute Gasteiger partial charge is 0.385 e. The monoisotopic (exact) mass is 400 g/mol. The smallest absolute Gasteiger partial charge is 0.214 e. The van der Waals surface area contributed by atoms with Gasteiger partial charge in [0.05, 0.1) is 16.5 Å². The van der Waals surface area contributed by atoms with E-state index >= 15 is 0 Å². The zero-order valence-electron chi connectivity index (χ0n) is 16.4. The van der Waals surface area contributed by atoms with Crippen LogP contribution in [0, 0.1) is 17.2 Å². The third-order valence-corrected chi connectivity index (χ3v) is 7.30. The average molecular weight is 401 g/mol. The Morgan fingerprint density at radius 2 is 1.86 bits per heavy atom. The molecule has 0 saturated heterocycles. The SMILES string of the molecule is CC(C)S(=O)(=O)NC1CCC(CNc2ccc(C#N)c(-n3cccc3)c2)CC1. The van der Waals surface area contributed by atoms with Crippen molar-refractivity contribution in [3.05, 3.63) is 48.3 Å². The van der Waals surface area contributed by atoms with E-state index < -0.39 is 15.3 Å². The molecule has 2 N–H and O–H groups in total. The maximum Gasteiger partial charge on any atom is 0.214 e. The van der Waals surface area contributed by atoms with E-state index in [0.717, 1.165) is 43.6 Å². The van der Waals surface area contributed by atoms with Crippen LogP contribution in [0.3, 0.4) is 0 Å². The van der Waals surface area contributed by atoms with Crippen molar-refractivity contribution in [2.24, 2.45) is 5.92 Å². The van der Waals surface area contributed by atoms with Crippen LogP contribution in [-0.4, -0.2) is 30.8 Å². The molecule has 7 heteroatoms. The Bertz CT molecular complexity index is 922. The number of nitrogens with one attached hydrogen (secondary N) is 2. The first-order valence-electron chi connectivity index (χ1n) is 9.81. The lowest BCUT2D eigenvalue weighted by Crippen LogP contribution is -2.41. The van der Waals surface area contributed by atoms with Gasteiger partial charge in [-0.2, -0.15) is 5.26 Å². The van der Waals surface area contributed by atoms with Gasteiger partial charge >= 0.3 is 0 Å². The summed E-state index contributed by atoms with van der Waals surface area (Å²) in [4.78, 5) is 0. The van der Waals surface area contributed by atoms with E-state index in [1.165, 1.54) is 0 Å². The van der Waals surface area contributed by atoms with Crippen LogP contribution in [0.5, 0.6) is 0 Å². The highest BCUT2D eigenvalue weighted by Gasteiger charge is 2.26. The summed E-state index contributed by atoms with van der Waals surface area (Å²) in [5.74, 6) is 0.519. The van der Waals surface area contributed by atoms with Gasteiger partial charge in [-0.25, -0.2) is 13.1 Å². The molecule has 0 aliphatic heterocycles. The molecule has 0 bridgehead atoms. The summed E-state index contributed by atoms with van der Waals surface area (Å²) in [6.07, 6.45) is 7.61. The zero-order chi connectivity index (χ0) is 20.1. The van der Waals surface area contributed by atoms with E-state index in [4.69, 9.17) is 0 Å². The minimum absolute atomic E-state index is 0.0545. The van der Waals surface area contributed by atoms with Crippen molar-refractivity contribution in [3.8, 4) is 11.8 Å². The molecular weight excluding hydrogens is 372 g/mol. The van der Waals surface area contributed by atoms with Gasteiger partial charge in [0, 0.05) is 30.7 Å². The van der Waals surface area contributed by atoms with Gasteiger partial charge < -0.3 is 9.88 Å². The van der Waals surface area contributed by atoms with Gasteiger partial charge in [-0.3, -0.25) is 0 Å². The molecule has 1 aliphatic carbocycles. The van der Waals surface area contributed by atoms with E-state index in [1.807, 2.05) is 47.3 Å². The first-order chi connectivity index (χ1) is 13.4. The molecule has 6 nitrogen and oxygen atoms in total. The van der Waals surface area contributed by atoms with E-state index in [1.54, 1.807) is 13.8 Å². The summed E-state index contributed by atoms with van der Waals surface area (Å²) in [6, 6.07) is 12.0. The minimum Gasteiger partial charge on any atom is -0.385 e. The van der Waals surface area contributed by atoms with Crippen molar-refractivity contribution >= 4 is 15.7 Å². The standard InChI is InChI=1S/C21H28N4O2S/c1-16(2)28(26,27)24-19-8-5-17(6-9-19)15-23-20-10-7-18(14-22)21(13-20)25-11-3-4-12-25/h3-4,7,10-13,16-17,19,23-24H,5-6,8-9,15H2,1-2H3. The fraction of sp³-hybridized carbons (Fsp3) is 0.476. The molecule has 1 aromatic heterocycles.